The zero-order valence-electron chi connectivity index (χ0n) is 22.0. The number of benzene rings is 3. The molecule has 1 aliphatic rings. The molecule has 3 aromatic carbocycles. The van der Waals surface area contributed by atoms with Gasteiger partial charge >= 0.3 is 0 Å². The van der Waals surface area contributed by atoms with Crippen LogP contribution in [-0.2, 0) is 4.79 Å². The molecular weight excluding hydrogens is 488 g/mol. The number of methoxy groups -OCH3 is 1. The Morgan fingerprint density at radius 2 is 1.62 bits per heavy atom. The fourth-order valence-corrected chi connectivity index (χ4v) is 4.97. The van der Waals surface area contributed by atoms with Gasteiger partial charge in [-0.05, 0) is 66.9 Å². The van der Waals surface area contributed by atoms with Crippen LogP contribution in [0.4, 0.5) is 0 Å². The van der Waals surface area contributed by atoms with Gasteiger partial charge in [0.2, 0.25) is 5.91 Å². The standard InChI is InChI=1S/C32H32N4O3/c1-39-28-13-11-25(12-14-28)30(37)22-36-19-15-27(16-20-36)32(38)35-31(29-21-33-17-18-34-29)26-9-7-24(8-10-26)23-5-3-2-4-6-23/h2-14,17-18,21,27,31H,15-16,19-20,22H2,1H3,(H,35,38). The molecule has 2 heterocycles. The van der Waals surface area contributed by atoms with Gasteiger partial charge in [0.1, 0.15) is 5.75 Å². The minimum atomic E-state index is -0.397. The van der Waals surface area contributed by atoms with Crippen LogP contribution >= 0.6 is 0 Å². The number of hydrogen-bond donors (Lipinski definition) is 1. The summed E-state index contributed by atoms with van der Waals surface area (Å²) in [5, 5.41) is 3.23. The summed E-state index contributed by atoms with van der Waals surface area (Å²) >= 11 is 0. The lowest BCUT2D eigenvalue weighted by Crippen LogP contribution is -2.43. The van der Waals surface area contributed by atoms with Crippen LogP contribution < -0.4 is 10.1 Å². The third-order valence-electron chi connectivity index (χ3n) is 7.25. The summed E-state index contributed by atoms with van der Waals surface area (Å²) in [7, 11) is 1.61. The number of ether oxygens (including phenoxy) is 1. The molecule has 1 atom stereocenters. The Bertz CT molecular complexity index is 1370. The number of nitrogens with zero attached hydrogens (tertiary/aromatic N) is 3. The van der Waals surface area contributed by atoms with Crippen molar-refractivity contribution >= 4 is 11.7 Å². The van der Waals surface area contributed by atoms with Gasteiger partial charge in [-0.2, -0.15) is 0 Å². The van der Waals surface area contributed by atoms with Crippen LogP contribution in [0, 0.1) is 5.92 Å². The summed E-state index contributed by atoms with van der Waals surface area (Å²) in [6, 6.07) is 25.2. The third-order valence-corrected chi connectivity index (χ3v) is 7.25. The Morgan fingerprint density at radius 1 is 0.923 bits per heavy atom. The Hall–Kier alpha value is -4.36. The zero-order chi connectivity index (χ0) is 27.0. The second-order valence-corrected chi connectivity index (χ2v) is 9.76. The Kier molecular flexibility index (Phi) is 8.39. The van der Waals surface area contributed by atoms with Gasteiger partial charge in [-0.25, -0.2) is 0 Å². The molecule has 7 nitrogen and oxygen atoms in total. The van der Waals surface area contributed by atoms with Crippen molar-refractivity contribution in [1.29, 1.82) is 0 Å². The Morgan fingerprint density at radius 3 is 2.26 bits per heavy atom. The predicted octanol–water partition coefficient (Wildman–Crippen LogP) is 4.95. The van der Waals surface area contributed by atoms with Crippen molar-refractivity contribution in [2.75, 3.05) is 26.7 Å². The highest BCUT2D eigenvalue weighted by Crippen LogP contribution is 2.26. The molecule has 7 heteroatoms. The summed E-state index contributed by atoms with van der Waals surface area (Å²) in [5.74, 6) is 0.673. The van der Waals surface area contributed by atoms with E-state index in [1.54, 1.807) is 50.0 Å². The summed E-state index contributed by atoms with van der Waals surface area (Å²) in [4.78, 5) is 37.0. The minimum absolute atomic E-state index is 0.00100. The van der Waals surface area contributed by atoms with Crippen LogP contribution in [0.25, 0.3) is 11.1 Å². The largest absolute Gasteiger partial charge is 0.497 e. The molecular formula is C32H32N4O3. The molecule has 1 fully saturated rings. The Labute approximate surface area is 228 Å². The van der Waals surface area contributed by atoms with E-state index in [2.05, 4.69) is 44.5 Å². The number of ketones is 1. The van der Waals surface area contributed by atoms with Crippen LogP contribution in [0.1, 0.15) is 40.5 Å². The molecule has 0 aliphatic carbocycles. The zero-order valence-corrected chi connectivity index (χ0v) is 22.0. The molecule has 4 aromatic rings. The lowest BCUT2D eigenvalue weighted by atomic mass is 9.93. The maximum atomic E-state index is 13.4. The molecule has 0 bridgehead atoms. The molecule has 1 saturated heterocycles. The van der Waals surface area contributed by atoms with Gasteiger partial charge in [-0.1, -0.05) is 54.6 Å². The number of hydrogen-bond acceptors (Lipinski definition) is 6. The third kappa shape index (κ3) is 6.56. The number of piperidine rings is 1. The van der Waals surface area contributed by atoms with Crippen LogP contribution in [0.15, 0.2) is 97.5 Å². The smallest absolute Gasteiger partial charge is 0.224 e. The van der Waals surface area contributed by atoms with Crippen molar-refractivity contribution < 1.29 is 14.3 Å². The van der Waals surface area contributed by atoms with Gasteiger partial charge in [0.25, 0.3) is 0 Å². The number of carbonyl (C=O) groups excluding carboxylic acids is 2. The van der Waals surface area contributed by atoms with Crippen LogP contribution in [-0.4, -0.2) is 53.3 Å². The van der Waals surface area contributed by atoms with Crippen LogP contribution in [0.5, 0.6) is 5.75 Å². The number of aromatic nitrogens is 2. The average Bonchev–Trinajstić information content (AvgIpc) is 3.01. The van der Waals surface area contributed by atoms with Gasteiger partial charge in [0.05, 0.1) is 31.6 Å². The predicted molar refractivity (Wildman–Crippen MR) is 150 cm³/mol. The van der Waals surface area contributed by atoms with Gasteiger partial charge in [0.15, 0.2) is 5.78 Å². The van der Waals surface area contributed by atoms with Crippen molar-refractivity contribution in [2.45, 2.75) is 18.9 Å². The second-order valence-electron chi connectivity index (χ2n) is 9.76. The fourth-order valence-electron chi connectivity index (χ4n) is 4.97. The summed E-state index contributed by atoms with van der Waals surface area (Å²) in [6.07, 6.45) is 6.36. The number of carbonyl (C=O) groups is 2. The number of likely N-dealkylation sites (tertiary alicyclic amines) is 1. The molecule has 0 spiro atoms. The topological polar surface area (TPSA) is 84.4 Å². The number of nitrogens with one attached hydrogen (secondary N) is 1. The van der Waals surface area contributed by atoms with E-state index >= 15 is 0 Å². The van der Waals surface area contributed by atoms with Crippen molar-refractivity contribution in [3.8, 4) is 16.9 Å². The molecule has 1 N–H and O–H groups in total. The van der Waals surface area contributed by atoms with Crippen molar-refractivity contribution in [1.82, 2.24) is 20.2 Å². The molecule has 0 saturated carbocycles. The summed E-state index contributed by atoms with van der Waals surface area (Å²) in [5.41, 5.74) is 4.56. The first-order valence-corrected chi connectivity index (χ1v) is 13.2. The monoisotopic (exact) mass is 520 g/mol. The summed E-state index contributed by atoms with van der Waals surface area (Å²) in [6.45, 7) is 1.74. The molecule has 1 aliphatic heterocycles. The normalized spacial score (nSPS) is 14.9. The number of Topliss-reactive ketones (excluding diaryl/α,β-unsaturated/α-hetero) is 1. The lowest BCUT2D eigenvalue weighted by Gasteiger charge is -2.31. The van der Waals surface area contributed by atoms with Crippen LogP contribution in [0.3, 0.4) is 0 Å². The average molecular weight is 521 g/mol. The quantitative estimate of drug-likeness (QED) is 0.314. The first kappa shape index (κ1) is 26.3. The highest BCUT2D eigenvalue weighted by atomic mass is 16.5. The molecule has 1 aromatic heterocycles. The summed E-state index contributed by atoms with van der Waals surface area (Å²) < 4.78 is 5.17. The minimum Gasteiger partial charge on any atom is -0.497 e. The number of rotatable bonds is 9. The molecule has 1 unspecified atom stereocenters. The molecule has 39 heavy (non-hydrogen) atoms. The highest BCUT2D eigenvalue weighted by Gasteiger charge is 2.29. The molecule has 5 rings (SSSR count). The van der Waals surface area contributed by atoms with Crippen molar-refractivity contribution in [3.05, 3.63) is 114 Å². The van der Waals surface area contributed by atoms with Gasteiger partial charge in [0, 0.05) is 23.9 Å². The van der Waals surface area contributed by atoms with E-state index in [-0.39, 0.29) is 17.6 Å². The number of amides is 1. The van der Waals surface area contributed by atoms with Crippen LogP contribution in [0.2, 0.25) is 0 Å². The van der Waals surface area contributed by atoms with Gasteiger partial charge in [-0.15, -0.1) is 0 Å². The van der Waals surface area contributed by atoms with E-state index in [1.807, 2.05) is 30.3 Å². The molecule has 198 valence electrons. The molecule has 1 amide bonds. The second kappa shape index (κ2) is 12.5. The SMILES string of the molecule is COc1ccc(C(=O)CN2CCC(C(=O)NC(c3ccc(-c4ccccc4)cc3)c3cnccn3)CC2)cc1. The Balaban J connectivity index is 1.22. The van der Waals surface area contributed by atoms with Crippen molar-refractivity contribution in [3.63, 3.8) is 0 Å². The lowest BCUT2D eigenvalue weighted by molar-refractivity contribution is -0.126. The first-order valence-electron chi connectivity index (χ1n) is 13.2. The van der Waals surface area contributed by atoms with E-state index in [0.717, 1.165) is 22.4 Å². The molecule has 0 radical (unpaired) electrons. The first-order chi connectivity index (χ1) is 19.1. The van der Waals surface area contributed by atoms with Gasteiger partial charge in [-0.3, -0.25) is 24.5 Å². The maximum Gasteiger partial charge on any atom is 0.224 e. The van der Waals surface area contributed by atoms with Gasteiger partial charge < -0.3 is 10.1 Å². The fraction of sp³-hybridized carbons (Fsp3) is 0.250. The van der Waals surface area contributed by atoms with Crippen molar-refractivity contribution in [2.24, 2.45) is 5.92 Å². The van der Waals surface area contributed by atoms with E-state index in [4.69, 9.17) is 4.74 Å². The van der Waals surface area contributed by atoms with E-state index < -0.39 is 6.04 Å². The van der Waals surface area contributed by atoms with E-state index in [0.29, 0.717) is 43.7 Å². The van der Waals surface area contributed by atoms with E-state index in [9.17, 15) is 9.59 Å². The highest BCUT2D eigenvalue weighted by molar-refractivity contribution is 5.97. The maximum absolute atomic E-state index is 13.4. The van der Waals surface area contributed by atoms with E-state index in [1.165, 1.54) is 0 Å².